The van der Waals surface area contributed by atoms with E-state index in [1.54, 1.807) is 41.1 Å². The lowest BCUT2D eigenvalue weighted by molar-refractivity contribution is -0.139. The average Bonchev–Trinajstić information content (AvgIpc) is 3.56. The molecule has 1 saturated carbocycles. The molecule has 0 bridgehead atoms. The van der Waals surface area contributed by atoms with E-state index >= 15 is 0 Å². The minimum atomic E-state index is -0.945. The van der Waals surface area contributed by atoms with Crippen LogP contribution in [0, 0.1) is 5.92 Å². The first-order valence-corrected chi connectivity index (χ1v) is 9.44. The van der Waals surface area contributed by atoms with Crippen molar-refractivity contribution >= 4 is 23.5 Å². The maximum absolute atomic E-state index is 13.3. The molecule has 144 valence electrons. The van der Waals surface area contributed by atoms with Crippen molar-refractivity contribution in [2.75, 3.05) is 18.5 Å². The zero-order valence-corrected chi connectivity index (χ0v) is 15.7. The highest BCUT2D eigenvalue weighted by Crippen LogP contribution is 2.34. The lowest BCUT2D eigenvalue weighted by atomic mass is 9.89. The Morgan fingerprint density at radius 2 is 1.71 bits per heavy atom. The van der Waals surface area contributed by atoms with Gasteiger partial charge in [0.05, 0.1) is 17.2 Å². The molecule has 1 atom stereocenters. The maximum atomic E-state index is 13.3. The van der Waals surface area contributed by atoms with Gasteiger partial charge in [-0.1, -0.05) is 36.4 Å². The molecule has 1 aliphatic carbocycles. The van der Waals surface area contributed by atoms with Crippen molar-refractivity contribution in [2.24, 2.45) is 5.92 Å². The fraction of sp³-hybridized carbons (Fsp3) is 0.318. The van der Waals surface area contributed by atoms with Crippen molar-refractivity contribution in [3.63, 3.8) is 0 Å². The van der Waals surface area contributed by atoms with Gasteiger partial charge >= 0.3 is 5.97 Å². The topological polar surface area (TPSA) is 77.9 Å². The third-order valence-corrected chi connectivity index (χ3v) is 5.53. The molecule has 4 rings (SSSR count). The smallest absolute Gasteiger partial charge is 0.312 e. The second-order valence-corrected chi connectivity index (χ2v) is 7.46. The first-order valence-electron chi connectivity index (χ1n) is 9.44. The third-order valence-electron chi connectivity index (χ3n) is 5.53. The fourth-order valence-electron chi connectivity index (χ4n) is 3.81. The van der Waals surface area contributed by atoms with Gasteiger partial charge < -0.3 is 14.9 Å². The van der Waals surface area contributed by atoms with E-state index in [0.717, 1.165) is 24.0 Å². The molecule has 2 amide bonds. The molecular formula is C22H22N2O4. The number of amides is 2. The molecule has 0 radical (unpaired) electrons. The van der Waals surface area contributed by atoms with Gasteiger partial charge in [-0.3, -0.25) is 14.4 Å². The number of para-hydroxylation sites is 1. The number of carbonyl (C=O) groups excluding carboxylic acids is 2. The van der Waals surface area contributed by atoms with Gasteiger partial charge in [0, 0.05) is 26.1 Å². The van der Waals surface area contributed by atoms with Crippen LogP contribution in [0.15, 0.2) is 48.5 Å². The van der Waals surface area contributed by atoms with Crippen LogP contribution in [0.4, 0.5) is 5.69 Å². The van der Waals surface area contributed by atoms with Crippen LogP contribution in [0.2, 0.25) is 0 Å². The minimum Gasteiger partial charge on any atom is -0.481 e. The summed E-state index contributed by atoms with van der Waals surface area (Å²) in [6.07, 6.45) is 1.78. The summed E-state index contributed by atoms with van der Waals surface area (Å²) in [5.41, 5.74) is 2.58. The van der Waals surface area contributed by atoms with E-state index in [1.165, 1.54) is 0 Å². The van der Waals surface area contributed by atoms with E-state index in [-0.39, 0.29) is 24.3 Å². The molecule has 0 spiro atoms. The highest BCUT2D eigenvalue weighted by atomic mass is 16.4. The number of carbonyl (C=O) groups is 3. The summed E-state index contributed by atoms with van der Waals surface area (Å²) in [5.74, 6) is -1.89. The van der Waals surface area contributed by atoms with Gasteiger partial charge in [-0.05, 0) is 36.1 Å². The first-order chi connectivity index (χ1) is 13.5. The lowest BCUT2D eigenvalue weighted by Gasteiger charge is -2.33. The van der Waals surface area contributed by atoms with Gasteiger partial charge in [0.25, 0.3) is 5.91 Å². The summed E-state index contributed by atoms with van der Waals surface area (Å²) < 4.78 is 0. The van der Waals surface area contributed by atoms with Crippen molar-refractivity contribution in [2.45, 2.75) is 25.3 Å². The van der Waals surface area contributed by atoms with Crippen molar-refractivity contribution in [1.82, 2.24) is 4.90 Å². The summed E-state index contributed by atoms with van der Waals surface area (Å²) >= 11 is 0. The minimum absolute atomic E-state index is 0.0210. The molecule has 28 heavy (non-hydrogen) atoms. The van der Waals surface area contributed by atoms with Gasteiger partial charge in [0.2, 0.25) is 5.91 Å². The van der Waals surface area contributed by atoms with Crippen LogP contribution in [0.25, 0.3) is 0 Å². The second-order valence-electron chi connectivity index (χ2n) is 7.46. The van der Waals surface area contributed by atoms with Crippen LogP contribution in [0.1, 0.15) is 40.2 Å². The molecular weight excluding hydrogens is 356 g/mol. The Bertz CT molecular complexity index is 951. The van der Waals surface area contributed by atoms with Crippen molar-refractivity contribution in [3.8, 4) is 0 Å². The Morgan fingerprint density at radius 3 is 2.43 bits per heavy atom. The van der Waals surface area contributed by atoms with E-state index in [9.17, 15) is 19.5 Å². The number of fused-ring (bicyclic) bond motifs is 1. The van der Waals surface area contributed by atoms with E-state index in [1.807, 2.05) is 24.3 Å². The first kappa shape index (κ1) is 18.2. The summed E-state index contributed by atoms with van der Waals surface area (Å²) in [7, 11) is 1.69. The summed E-state index contributed by atoms with van der Waals surface area (Å²) in [4.78, 5) is 40.7. The number of anilines is 1. The normalized spacial score (nSPS) is 18.3. The van der Waals surface area contributed by atoms with E-state index in [0.29, 0.717) is 17.8 Å². The van der Waals surface area contributed by atoms with Crippen molar-refractivity contribution < 1.29 is 19.5 Å². The number of rotatable bonds is 4. The molecule has 1 aliphatic heterocycles. The SMILES string of the molecule is CN(C(=O)C1CC1)c1ccccc1C(=O)N1Cc2ccccc2C(C(=O)O)C1. The summed E-state index contributed by atoms with van der Waals surface area (Å²) in [6.45, 7) is 0.465. The number of benzene rings is 2. The Balaban J connectivity index is 1.65. The molecule has 0 saturated heterocycles. The quantitative estimate of drug-likeness (QED) is 0.887. The fourth-order valence-corrected chi connectivity index (χ4v) is 3.81. The van der Waals surface area contributed by atoms with Crippen LogP contribution < -0.4 is 4.90 Å². The molecule has 0 aromatic heterocycles. The third kappa shape index (κ3) is 3.26. The molecule has 1 N–H and O–H groups in total. The van der Waals surface area contributed by atoms with Crippen LogP contribution in [0.3, 0.4) is 0 Å². The number of carboxylic acids is 1. The van der Waals surface area contributed by atoms with E-state index in [4.69, 9.17) is 0 Å². The van der Waals surface area contributed by atoms with Crippen LogP contribution >= 0.6 is 0 Å². The van der Waals surface area contributed by atoms with Gasteiger partial charge in [0.1, 0.15) is 0 Å². The monoisotopic (exact) mass is 378 g/mol. The number of aliphatic carboxylic acids is 1. The molecule has 2 aliphatic rings. The molecule has 1 fully saturated rings. The predicted octanol–water partition coefficient (Wildman–Crippen LogP) is 2.88. The van der Waals surface area contributed by atoms with Crippen molar-refractivity contribution in [3.05, 3.63) is 65.2 Å². The Labute approximate surface area is 163 Å². The number of nitrogens with zero attached hydrogens (tertiary/aromatic N) is 2. The Hall–Kier alpha value is -3.15. The van der Waals surface area contributed by atoms with Crippen molar-refractivity contribution in [1.29, 1.82) is 0 Å². The zero-order valence-electron chi connectivity index (χ0n) is 15.7. The zero-order chi connectivity index (χ0) is 19.8. The summed E-state index contributed by atoms with van der Waals surface area (Å²) in [5, 5.41) is 9.65. The maximum Gasteiger partial charge on any atom is 0.312 e. The lowest BCUT2D eigenvalue weighted by Crippen LogP contribution is -2.41. The number of hydrogen-bond donors (Lipinski definition) is 1. The predicted molar refractivity (Wildman–Crippen MR) is 104 cm³/mol. The average molecular weight is 378 g/mol. The Morgan fingerprint density at radius 1 is 1.04 bits per heavy atom. The number of hydrogen-bond acceptors (Lipinski definition) is 3. The second kappa shape index (κ2) is 7.11. The molecule has 1 unspecified atom stereocenters. The molecule has 1 heterocycles. The molecule has 2 aromatic rings. The largest absolute Gasteiger partial charge is 0.481 e. The number of carboxylic acid groups (broad SMARTS) is 1. The standard InChI is InChI=1S/C22H22N2O4/c1-23(20(25)14-10-11-14)19-9-5-4-8-17(19)21(26)24-12-15-6-2-3-7-16(15)18(13-24)22(27)28/h2-9,14,18H,10-13H2,1H3,(H,27,28). The van der Waals surface area contributed by atoms with Crippen LogP contribution in [0.5, 0.6) is 0 Å². The Kier molecular flexibility index (Phi) is 4.63. The van der Waals surface area contributed by atoms with E-state index in [2.05, 4.69) is 0 Å². The molecule has 2 aromatic carbocycles. The van der Waals surface area contributed by atoms with Gasteiger partial charge in [-0.15, -0.1) is 0 Å². The highest BCUT2D eigenvalue weighted by Gasteiger charge is 2.36. The summed E-state index contributed by atoms with van der Waals surface area (Å²) in [6, 6.07) is 14.4. The van der Waals surface area contributed by atoms with Gasteiger partial charge in [-0.25, -0.2) is 0 Å². The van der Waals surface area contributed by atoms with Crippen LogP contribution in [-0.2, 0) is 16.1 Å². The molecule has 6 nitrogen and oxygen atoms in total. The van der Waals surface area contributed by atoms with Gasteiger partial charge in [-0.2, -0.15) is 0 Å². The molecule has 6 heteroatoms. The van der Waals surface area contributed by atoms with E-state index < -0.39 is 11.9 Å². The highest BCUT2D eigenvalue weighted by molar-refractivity contribution is 6.05. The van der Waals surface area contributed by atoms with Crippen LogP contribution in [-0.4, -0.2) is 41.4 Å². The van der Waals surface area contributed by atoms with Gasteiger partial charge in [0.15, 0.2) is 0 Å².